The van der Waals surface area contributed by atoms with Crippen molar-refractivity contribution < 1.29 is 9.47 Å². The normalized spacial score (nSPS) is 16.7. The first-order chi connectivity index (χ1) is 8.90. The maximum atomic E-state index is 6.03. The third-order valence-corrected chi connectivity index (χ3v) is 3.07. The minimum absolute atomic E-state index is 0.271. The van der Waals surface area contributed by atoms with Crippen LogP contribution in [0.4, 0.5) is 0 Å². The summed E-state index contributed by atoms with van der Waals surface area (Å²) in [6.07, 6.45) is 6.99. The molecule has 1 aromatic rings. The molecule has 0 atom stereocenters. The van der Waals surface area contributed by atoms with E-state index < -0.39 is 0 Å². The first kappa shape index (κ1) is 13.3. The molecule has 1 fully saturated rings. The molecule has 1 aliphatic heterocycles. The van der Waals surface area contributed by atoms with Gasteiger partial charge in [0.15, 0.2) is 0 Å². The second-order valence-electron chi connectivity index (χ2n) is 4.59. The molecular weight excluding hydrogens is 228 g/mol. The fourth-order valence-corrected chi connectivity index (χ4v) is 2.03. The molecule has 0 aromatic carbocycles. The lowest BCUT2D eigenvalue weighted by Crippen LogP contribution is -2.26. The Morgan fingerprint density at radius 3 is 3.06 bits per heavy atom. The fraction of sp³-hybridized carbons (Fsp3) is 0.643. The molecule has 0 spiro atoms. The van der Waals surface area contributed by atoms with Crippen LogP contribution in [0.1, 0.15) is 31.7 Å². The van der Waals surface area contributed by atoms with Crippen molar-refractivity contribution in [1.82, 2.24) is 10.3 Å². The summed E-state index contributed by atoms with van der Waals surface area (Å²) in [6, 6.07) is 2.03. The highest BCUT2D eigenvalue weighted by molar-refractivity contribution is 5.29. The summed E-state index contributed by atoms with van der Waals surface area (Å²) in [5.74, 6) is 0.910. The average Bonchev–Trinajstić information content (AvgIpc) is 2.42. The van der Waals surface area contributed by atoms with Gasteiger partial charge in [-0.1, -0.05) is 6.92 Å². The van der Waals surface area contributed by atoms with Gasteiger partial charge in [-0.2, -0.15) is 0 Å². The number of pyridine rings is 1. The molecule has 1 saturated heterocycles. The SMILES string of the molecule is CCCNCc1ccncc1OC1CCOCC1. The number of aromatic nitrogens is 1. The molecule has 0 bridgehead atoms. The van der Waals surface area contributed by atoms with Crippen LogP contribution < -0.4 is 10.1 Å². The third kappa shape index (κ3) is 3.96. The third-order valence-electron chi connectivity index (χ3n) is 3.07. The van der Waals surface area contributed by atoms with Crippen LogP contribution in [-0.2, 0) is 11.3 Å². The van der Waals surface area contributed by atoms with E-state index in [4.69, 9.17) is 9.47 Å². The second kappa shape index (κ2) is 7.34. The molecule has 18 heavy (non-hydrogen) atoms. The predicted molar refractivity (Wildman–Crippen MR) is 70.7 cm³/mol. The van der Waals surface area contributed by atoms with Gasteiger partial charge in [-0.05, 0) is 19.0 Å². The van der Waals surface area contributed by atoms with Gasteiger partial charge in [0.1, 0.15) is 11.9 Å². The van der Waals surface area contributed by atoms with Crippen LogP contribution in [0.5, 0.6) is 5.75 Å². The van der Waals surface area contributed by atoms with Gasteiger partial charge in [0.2, 0.25) is 0 Å². The minimum atomic E-state index is 0.271. The molecule has 0 saturated carbocycles. The molecular formula is C14H22N2O2. The summed E-state index contributed by atoms with van der Waals surface area (Å²) in [6.45, 7) is 5.63. The summed E-state index contributed by atoms with van der Waals surface area (Å²) in [5.41, 5.74) is 1.19. The van der Waals surface area contributed by atoms with Gasteiger partial charge in [-0.15, -0.1) is 0 Å². The Morgan fingerprint density at radius 1 is 1.44 bits per heavy atom. The Balaban J connectivity index is 1.93. The van der Waals surface area contributed by atoms with E-state index in [0.29, 0.717) is 0 Å². The molecule has 4 heteroatoms. The van der Waals surface area contributed by atoms with Crippen molar-refractivity contribution in [2.75, 3.05) is 19.8 Å². The molecule has 100 valence electrons. The molecule has 2 rings (SSSR count). The largest absolute Gasteiger partial charge is 0.488 e. The summed E-state index contributed by atoms with van der Waals surface area (Å²) < 4.78 is 11.4. The number of nitrogens with zero attached hydrogens (tertiary/aromatic N) is 1. The first-order valence-corrected chi connectivity index (χ1v) is 6.78. The average molecular weight is 250 g/mol. The Bertz CT molecular complexity index is 351. The highest BCUT2D eigenvalue weighted by atomic mass is 16.5. The molecule has 1 aliphatic rings. The topological polar surface area (TPSA) is 43.4 Å². The lowest BCUT2D eigenvalue weighted by atomic mass is 10.1. The lowest BCUT2D eigenvalue weighted by molar-refractivity contribution is 0.0250. The number of hydrogen-bond donors (Lipinski definition) is 1. The van der Waals surface area contributed by atoms with Gasteiger partial charge < -0.3 is 14.8 Å². The Kier molecular flexibility index (Phi) is 5.42. The maximum absolute atomic E-state index is 6.03. The summed E-state index contributed by atoms with van der Waals surface area (Å²) in [7, 11) is 0. The molecule has 4 nitrogen and oxygen atoms in total. The van der Waals surface area contributed by atoms with Crippen LogP contribution >= 0.6 is 0 Å². The van der Waals surface area contributed by atoms with E-state index >= 15 is 0 Å². The lowest BCUT2D eigenvalue weighted by Gasteiger charge is -2.24. The smallest absolute Gasteiger partial charge is 0.142 e. The van der Waals surface area contributed by atoms with Crippen molar-refractivity contribution in [2.45, 2.75) is 38.8 Å². The van der Waals surface area contributed by atoms with Crippen LogP contribution in [0.2, 0.25) is 0 Å². The van der Waals surface area contributed by atoms with E-state index in [0.717, 1.165) is 51.3 Å². The van der Waals surface area contributed by atoms with E-state index in [1.165, 1.54) is 5.56 Å². The fourth-order valence-electron chi connectivity index (χ4n) is 2.03. The molecule has 2 heterocycles. The highest BCUT2D eigenvalue weighted by Crippen LogP contribution is 2.21. The summed E-state index contributed by atoms with van der Waals surface area (Å²) in [4.78, 5) is 4.16. The molecule has 0 aliphatic carbocycles. The zero-order chi connectivity index (χ0) is 12.6. The van der Waals surface area contributed by atoms with Crippen molar-refractivity contribution in [3.05, 3.63) is 24.0 Å². The zero-order valence-corrected chi connectivity index (χ0v) is 11.0. The monoisotopic (exact) mass is 250 g/mol. The van der Waals surface area contributed by atoms with E-state index in [2.05, 4.69) is 17.2 Å². The Morgan fingerprint density at radius 2 is 2.28 bits per heavy atom. The summed E-state index contributed by atoms with van der Waals surface area (Å²) in [5, 5.41) is 3.40. The Hall–Kier alpha value is -1.13. The van der Waals surface area contributed by atoms with Crippen LogP contribution in [0, 0.1) is 0 Å². The zero-order valence-electron chi connectivity index (χ0n) is 11.0. The first-order valence-electron chi connectivity index (χ1n) is 6.78. The van der Waals surface area contributed by atoms with Gasteiger partial charge in [0.05, 0.1) is 19.4 Å². The van der Waals surface area contributed by atoms with E-state index in [1.54, 1.807) is 0 Å². The predicted octanol–water partition coefficient (Wildman–Crippen LogP) is 2.14. The van der Waals surface area contributed by atoms with Crippen LogP contribution in [0.15, 0.2) is 18.5 Å². The van der Waals surface area contributed by atoms with E-state index in [9.17, 15) is 0 Å². The highest BCUT2D eigenvalue weighted by Gasteiger charge is 2.16. The van der Waals surface area contributed by atoms with Crippen molar-refractivity contribution in [2.24, 2.45) is 0 Å². The number of ether oxygens (including phenoxy) is 2. The molecule has 1 aromatic heterocycles. The van der Waals surface area contributed by atoms with Crippen LogP contribution in [-0.4, -0.2) is 30.8 Å². The molecule has 0 unspecified atom stereocenters. The molecule has 0 radical (unpaired) electrons. The van der Waals surface area contributed by atoms with E-state index in [1.807, 2.05) is 18.5 Å². The second-order valence-corrected chi connectivity index (χ2v) is 4.59. The van der Waals surface area contributed by atoms with Gasteiger partial charge >= 0.3 is 0 Å². The number of nitrogens with one attached hydrogen (secondary N) is 1. The summed E-state index contributed by atoms with van der Waals surface area (Å²) >= 11 is 0. The van der Waals surface area contributed by atoms with Crippen molar-refractivity contribution in [3.63, 3.8) is 0 Å². The van der Waals surface area contributed by atoms with Gasteiger partial charge in [-0.3, -0.25) is 4.98 Å². The van der Waals surface area contributed by atoms with Crippen molar-refractivity contribution >= 4 is 0 Å². The van der Waals surface area contributed by atoms with Crippen LogP contribution in [0.25, 0.3) is 0 Å². The number of rotatable bonds is 6. The van der Waals surface area contributed by atoms with Gasteiger partial charge in [-0.25, -0.2) is 0 Å². The quantitative estimate of drug-likeness (QED) is 0.786. The Labute approximate surface area is 109 Å². The van der Waals surface area contributed by atoms with Crippen molar-refractivity contribution in [3.8, 4) is 5.75 Å². The molecule has 0 amide bonds. The van der Waals surface area contributed by atoms with Crippen molar-refractivity contribution in [1.29, 1.82) is 0 Å². The minimum Gasteiger partial charge on any atom is -0.488 e. The maximum Gasteiger partial charge on any atom is 0.142 e. The van der Waals surface area contributed by atoms with Gasteiger partial charge in [0, 0.05) is 31.1 Å². The number of hydrogen-bond acceptors (Lipinski definition) is 4. The van der Waals surface area contributed by atoms with E-state index in [-0.39, 0.29) is 6.10 Å². The molecule has 1 N–H and O–H groups in total. The standard InChI is InChI=1S/C14H22N2O2/c1-2-6-15-10-12-3-7-16-11-14(12)18-13-4-8-17-9-5-13/h3,7,11,13,15H,2,4-6,8-10H2,1H3. The van der Waals surface area contributed by atoms with Gasteiger partial charge in [0.25, 0.3) is 0 Å². The van der Waals surface area contributed by atoms with Crippen LogP contribution in [0.3, 0.4) is 0 Å².